The molecule has 0 radical (unpaired) electrons. The molecule has 0 bridgehead atoms. The molecule has 0 aliphatic carbocycles. The number of nitrogens with zero attached hydrogens (tertiary/aromatic N) is 2. The van der Waals surface area contributed by atoms with Gasteiger partial charge in [0.2, 0.25) is 0 Å². The summed E-state index contributed by atoms with van der Waals surface area (Å²) in [7, 11) is 0. The Balaban J connectivity index is 1.96. The second-order valence-electron chi connectivity index (χ2n) is 13.4. The van der Waals surface area contributed by atoms with Gasteiger partial charge in [0.25, 0.3) is 0 Å². The zero-order valence-electron chi connectivity index (χ0n) is 24.5. The Bertz CT molecular complexity index is 668. The van der Waals surface area contributed by atoms with Crippen LogP contribution in [-0.4, -0.2) is 69.2 Å². The topological polar surface area (TPSA) is 59.1 Å². The van der Waals surface area contributed by atoms with Crippen molar-refractivity contribution in [3.05, 3.63) is 0 Å². The minimum Gasteiger partial charge on any atom is -0.462 e. The summed E-state index contributed by atoms with van der Waals surface area (Å²) in [6, 6.07) is 0. The summed E-state index contributed by atoms with van der Waals surface area (Å²) in [6.07, 6.45) is 6.62. The highest BCUT2D eigenvalue weighted by molar-refractivity contribution is 5.91. The number of likely N-dealkylation sites (tertiary alicyclic amines) is 2. The van der Waals surface area contributed by atoms with Gasteiger partial charge in [-0.1, -0.05) is 13.8 Å². The van der Waals surface area contributed by atoms with Crippen LogP contribution >= 0.6 is 0 Å². The van der Waals surface area contributed by atoms with Crippen LogP contribution in [-0.2, 0) is 19.1 Å². The van der Waals surface area contributed by atoms with E-state index in [2.05, 4.69) is 79.0 Å². The van der Waals surface area contributed by atoms with E-state index in [0.717, 1.165) is 64.5 Å². The van der Waals surface area contributed by atoms with Crippen molar-refractivity contribution in [1.29, 1.82) is 0 Å². The standard InChI is InChI=1S/C29H54N2O4/c1-11-17-30-26(3,4)15-13-22(20-28(30,7)8)34-24(32)19-25(33)35-23-14-16-27(5,6)31(18-12-2)29(9,10)21-23/h22-23H,11-21H2,1-10H3. The van der Waals surface area contributed by atoms with Crippen LogP contribution in [0.3, 0.4) is 0 Å². The Morgan fingerprint density at radius 1 is 0.657 bits per heavy atom. The summed E-state index contributed by atoms with van der Waals surface area (Å²) in [5.41, 5.74) is -0.0637. The van der Waals surface area contributed by atoms with E-state index in [-0.39, 0.29) is 40.8 Å². The number of rotatable bonds is 8. The molecule has 2 fully saturated rings. The van der Waals surface area contributed by atoms with Crippen LogP contribution in [0.15, 0.2) is 0 Å². The van der Waals surface area contributed by atoms with Gasteiger partial charge in [-0.3, -0.25) is 19.4 Å². The molecule has 2 atom stereocenters. The maximum Gasteiger partial charge on any atom is 0.317 e. The number of hydrogen-bond acceptors (Lipinski definition) is 6. The van der Waals surface area contributed by atoms with Gasteiger partial charge < -0.3 is 9.47 Å². The molecule has 0 aromatic heterocycles. The van der Waals surface area contributed by atoms with Crippen molar-refractivity contribution < 1.29 is 19.1 Å². The van der Waals surface area contributed by atoms with Gasteiger partial charge >= 0.3 is 11.9 Å². The Hall–Kier alpha value is -1.14. The molecule has 2 rings (SSSR count). The summed E-state index contributed by atoms with van der Waals surface area (Å²) in [5.74, 6) is -0.920. The van der Waals surface area contributed by atoms with Crippen LogP contribution in [0, 0.1) is 0 Å². The van der Waals surface area contributed by atoms with Gasteiger partial charge in [0.1, 0.15) is 18.6 Å². The largest absolute Gasteiger partial charge is 0.462 e. The van der Waals surface area contributed by atoms with Crippen molar-refractivity contribution in [2.75, 3.05) is 13.1 Å². The number of esters is 2. The fourth-order valence-electron chi connectivity index (χ4n) is 6.91. The Kier molecular flexibility index (Phi) is 9.88. The van der Waals surface area contributed by atoms with Gasteiger partial charge in [0.05, 0.1) is 0 Å². The van der Waals surface area contributed by atoms with E-state index in [1.165, 1.54) is 0 Å². The number of carbonyl (C=O) groups is 2. The van der Waals surface area contributed by atoms with Gasteiger partial charge in [-0.15, -0.1) is 0 Å². The monoisotopic (exact) mass is 494 g/mol. The van der Waals surface area contributed by atoms with E-state index >= 15 is 0 Å². The third-order valence-corrected chi connectivity index (χ3v) is 8.31. The molecule has 2 heterocycles. The number of hydrogen-bond donors (Lipinski definition) is 0. The fourth-order valence-corrected chi connectivity index (χ4v) is 6.91. The van der Waals surface area contributed by atoms with Crippen molar-refractivity contribution in [3.8, 4) is 0 Å². The molecule has 0 saturated carbocycles. The predicted molar refractivity (Wildman–Crippen MR) is 142 cm³/mol. The Morgan fingerprint density at radius 3 is 1.31 bits per heavy atom. The molecule has 0 aromatic rings. The molecule has 6 heteroatoms. The first-order chi connectivity index (χ1) is 16.0. The third-order valence-electron chi connectivity index (χ3n) is 8.31. The molecule has 0 aromatic carbocycles. The zero-order valence-corrected chi connectivity index (χ0v) is 24.5. The minimum absolute atomic E-state index is 0.0470. The van der Waals surface area contributed by atoms with Gasteiger partial charge in [-0.05, 0) is 107 Å². The zero-order chi connectivity index (χ0) is 26.7. The van der Waals surface area contributed by atoms with Crippen molar-refractivity contribution in [1.82, 2.24) is 9.80 Å². The predicted octanol–water partition coefficient (Wildman–Crippen LogP) is 6.11. The molecule has 0 spiro atoms. The second-order valence-corrected chi connectivity index (χ2v) is 13.4. The summed E-state index contributed by atoms with van der Waals surface area (Å²) in [5, 5.41) is 0. The van der Waals surface area contributed by atoms with Crippen LogP contribution < -0.4 is 0 Å². The quantitative estimate of drug-likeness (QED) is 0.300. The lowest BCUT2D eigenvalue weighted by molar-refractivity contribution is -0.161. The molecule has 2 saturated heterocycles. The highest BCUT2D eigenvalue weighted by atomic mass is 16.6. The van der Waals surface area contributed by atoms with Crippen molar-refractivity contribution in [3.63, 3.8) is 0 Å². The van der Waals surface area contributed by atoms with Crippen molar-refractivity contribution in [2.24, 2.45) is 0 Å². The number of carbonyl (C=O) groups excluding carboxylic acids is 2. The molecule has 0 amide bonds. The molecule has 2 unspecified atom stereocenters. The lowest BCUT2D eigenvalue weighted by Crippen LogP contribution is -2.55. The summed E-state index contributed by atoms with van der Waals surface area (Å²) in [6.45, 7) is 24.5. The van der Waals surface area contributed by atoms with Gasteiger partial charge in [-0.2, -0.15) is 0 Å². The maximum absolute atomic E-state index is 12.7. The van der Waals surface area contributed by atoms with E-state index < -0.39 is 11.9 Å². The smallest absolute Gasteiger partial charge is 0.317 e. The molecular formula is C29H54N2O4. The highest BCUT2D eigenvalue weighted by Gasteiger charge is 2.44. The van der Waals surface area contributed by atoms with E-state index in [4.69, 9.17) is 9.47 Å². The van der Waals surface area contributed by atoms with Crippen molar-refractivity contribution >= 4 is 11.9 Å². The lowest BCUT2D eigenvalue weighted by atomic mass is 9.91. The van der Waals surface area contributed by atoms with Crippen LogP contribution in [0.25, 0.3) is 0 Å². The highest BCUT2D eigenvalue weighted by Crippen LogP contribution is 2.39. The van der Waals surface area contributed by atoms with Gasteiger partial charge in [0.15, 0.2) is 0 Å². The van der Waals surface area contributed by atoms with Crippen LogP contribution in [0.2, 0.25) is 0 Å². The van der Waals surface area contributed by atoms with E-state index in [1.54, 1.807) is 0 Å². The number of ether oxygens (including phenoxy) is 2. The second kappa shape index (κ2) is 11.5. The maximum atomic E-state index is 12.7. The van der Waals surface area contributed by atoms with Crippen LogP contribution in [0.5, 0.6) is 0 Å². The normalized spacial score (nSPS) is 28.5. The van der Waals surface area contributed by atoms with E-state index in [1.807, 2.05) is 0 Å². The van der Waals surface area contributed by atoms with E-state index in [0.29, 0.717) is 0 Å². The summed E-state index contributed by atoms with van der Waals surface area (Å²) >= 11 is 0. The Labute approximate surface area is 215 Å². The SMILES string of the molecule is CCCN1C(C)(C)CCC(OC(=O)CC(=O)OC2CCC(C)(C)N(CCC)C(C)(C)C2)CC1(C)C. The van der Waals surface area contributed by atoms with Crippen LogP contribution in [0.1, 0.15) is 127 Å². The fraction of sp³-hybridized carbons (Fsp3) is 0.931. The molecule has 2 aliphatic heterocycles. The molecule has 0 N–H and O–H groups in total. The molecule has 204 valence electrons. The summed E-state index contributed by atoms with van der Waals surface area (Å²) < 4.78 is 11.7. The van der Waals surface area contributed by atoms with Crippen molar-refractivity contribution in [2.45, 2.75) is 161 Å². The lowest BCUT2D eigenvalue weighted by Gasteiger charge is -2.47. The molecule has 2 aliphatic rings. The first-order valence-corrected chi connectivity index (χ1v) is 14.0. The third kappa shape index (κ3) is 7.92. The Morgan fingerprint density at radius 2 is 1.00 bits per heavy atom. The minimum atomic E-state index is -0.460. The van der Waals surface area contributed by atoms with Gasteiger partial charge in [-0.25, -0.2) is 0 Å². The molecular weight excluding hydrogens is 440 g/mol. The molecule has 35 heavy (non-hydrogen) atoms. The average Bonchev–Trinajstić information content (AvgIpc) is 2.84. The van der Waals surface area contributed by atoms with Crippen LogP contribution in [0.4, 0.5) is 0 Å². The van der Waals surface area contributed by atoms with E-state index in [9.17, 15) is 9.59 Å². The van der Waals surface area contributed by atoms with Gasteiger partial charge in [0, 0.05) is 35.0 Å². The first kappa shape index (κ1) is 30.1. The average molecular weight is 495 g/mol. The summed E-state index contributed by atoms with van der Waals surface area (Å²) in [4.78, 5) is 30.6. The molecule has 6 nitrogen and oxygen atoms in total. The first-order valence-electron chi connectivity index (χ1n) is 14.0.